The van der Waals surface area contributed by atoms with E-state index < -0.39 is 0 Å². The molecule has 1 nitrogen and oxygen atoms in total. The summed E-state index contributed by atoms with van der Waals surface area (Å²) in [6.07, 6.45) is 0. The van der Waals surface area contributed by atoms with Crippen LogP contribution in [0.25, 0.3) is 0 Å². The Labute approximate surface area is 126 Å². The summed E-state index contributed by atoms with van der Waals surface area (Å²) in [6.45, 7) is 7.43. The Kier molecular flexibility index (Phi) is 5.69. The van der Waals surface area contributed by atoms with E-state index in [2.05, 4.69) is 74.6 Å². The van der Waals surface area contributed by atoms with Crippen molar-refractivity contribution in [1.29, 1.82) is 0 Å². The Bertz CT molecular complexity index is 516. The first-order chi connectivity index (χ1) is 9.74. The first-order valence-corrected chi connectivity index (χ1v) is 8.25. The first-order valence-electron chi connectivity index (χ1n) is 7.27. The maximum atomic E-state index is 3.58. The fourth-order valence-corrected chi connectivity index (χ4v) is 2.98. The molecule has 20 heavy (non-hydrogen) atoms. The summed E-state index contributed by atoms with van der Waals surface area (Å²) in [6, 6.07) is 18.0. The summed E-state index contributed by atoms with van der Waals surface area (Å²) in [4.78, 5) is 1.34. The second-order valence-electron chi connectivity index (χ2n) is 4.90. The summed E-state index contributed by atoms with van der Waals surface area (Å²) >= 11 is 1.89. The molecule has 0 saturated carbocycles. The zero-order valence-electron chi connectivity index (χ0n) is 12.5. The lowest BCUT2D eigenvalue weighted by Gasteiger charge is -2.19. The maximum absolute atomic E-state index is 3.58. The molecule has 0 amide bonds. The number of rotatable bonds is 6. The molecule has 2 aromatic carbocycles. The Morgan fingerprint density at radius 2 is 1.45 bits per heavy atom. The van der Waals surface area contributed by atoms with Gasteiger partial charge in [0.25, 0.3) is 0 Å². The third-order valence-corrected chi connectivity index (χ3v) is 4.24. The highest BCUT2D eigenvalue weighted by molar-refractivity contribution is 7.99. The third-order valence-electron chi connectivity index (χ3n) is 3.34. The van der Waals surface area contributed by atoms with Gasteiger partial charge in [-0.25, -0.2) is 0 Å². The van der Waals surface area contributed by atoms with Crippen molar-refractivity contribution in [3.05, 3.63) is 65.2 Å². The molecule has 2 rings (SSSR count). The lowest BCUT2D eigenvalue weighted by atomic mass is 9.98. The molecule has 0 bridgehead atoms. The van der Waals surface area contributed by atoms with Gasteiger partial charge in [-0.2, -0.15) is 0 Å². The van der Waals surface area contributed by atoms with Gasteiger partial charge in [0.15, 0.2) is 0 Å². The van der Waals surface area contributed by atoms with Crippen molar-refractivity contribution in [3.63, 3.8) is 0 Å². The molecule has 0 fully saturated rings. The van der Waals surface area contributed by atoms with Crippen LogP contribution in [0, 0.1) is 6.92 Å². The van der Waals surface area contributed by atoms with E-state index in [1.165, 1.54) is 21.6 Å². The standard InChI is InChI=1S/C18H23NS/c1-4-19-18(15-8-6-14(3)7-9-15)16-10-12-17(13-11-16)20-5-2/h6-13,18-19H,4-5H2,1-3H3. The van der Waals surface area contributed by atoms with E-state index in [9.17, 15) is 0 Å². The van der Waals surface area contributed by atoms with Gasteiger partial charge in [-0.3, -0.25) is 0 Å². The van der Waals surface area contributed by atoms with E-state index in [0.717, 1.165) is 12.3 Å². The van der Waals surface area contributed by atoms with Crippen LogP contribution in [0.3, 0.4) is 0 Å². The van der Waals surface area contributed by atoms with E-state index in [1.807, 2.05) is 11.8 Å². The van der Waals surface area contributed by atoms with Crippen molar-refractivity contribution in [2.24, 2.45) is 0 Å². The lowest BCUT2D eigenvalue weighted by molar-refractivity contribution is 0.630. The largest absolute Gasteiger partial charge is 0.307 e. The van der Waals surface area contributed by atoms with E-state index in [-0.39, 0.29) is 6.04 Å². The molecule has 0 saturated heterocycles. The smallest absolute Gasteiger partial charge is 0.0576 e. The number of aryl methyl sites for hydroxylation is 1. The van der Waals surface area contributed by atoms with Crippen molar-refractivity contribution in [2.45, 2.75) is 31.7 Å². The molecule has 2 heteroatoms. The third kappa shape index (κ3) is 3.87. The van der Waals surface area contributed by atoms with Crippen LogP contribution in [0.5, 0.6) is 0 Å². The van der Waals surface area contributed by atoms with E-state index in [0.29, 0.717) is 0 Å². The summed E-state index contributed by atoms with van der Waals surface area (Å²) in [5.74, 6) is 1.12. The molecule has 0 aliphatic carbocycles. The minimum absolute atomic E-state index is 0.279. The predicted molar refractivity (Wildman–Crippen MR) is 89.5 cm³/mol. The molecule has 0 aliphatic rings. The van der Waals surface area contributed by atoms with E-state index >= 15 is 0 Å². The molecule has 0 radical (unpaired) electrons. The van der Waals surface area contributed by atoms with Gasteiger partial charge in [0.2, 0.25) is 0 Å². The second-order valence-corrected chi connectivity index (χ2v) is 6.24. The van der Waals surface area contributed by atoms with Crippen molar-refractivity contribution >= 4 is 11.8 Å². The minimum Gasteiger partial charge on any atom is -0.307 e. The van der Waals surface area contributed by atoms with E-state index in [1.54, 1.807) is 0 Å². The fourth-order valence-electron chi connectivity index (χ4n) is 2.31. The van der Waals surface area contributed by atoms with Crippen LogP contribution in [0.15, 0.2) is 53.4 Å². The summed E-state index contributed by atoms with van der Waals surface area (Å²) in [5.41, 5.74) is 3.96. The van der Waals surface area contributed by atoms with Gasteiger partial charge >= 0.3 is 0 Å². The average Bonchev–Trinajstić information content (AvgIpc) is 2.47. The lowest BCUT2D eigenvalue weighted by Crippen LogP contribution is -2.21. The monoisotopic (exact) mass is 285 g/mol. The van der Waals surface area contributed by atoms with Gasteiger partial charge in [-0.15, -0.1) is 11.8 Å². The molecule has 0 aliphatic heterocycles. The van der Waals surface area contributed by atoms with Crippen LogP contribution in [0.4, 0.5) is 0 Å². The van der Waals surface area contributed by atoms with Crippen molar-refractivity contribution in [1.82, 2.24) is 5.32 Å². The van der Waals surface area contributed by atoms with Crippen LogP contribution in [0.1, 0.15) is 36.6 Å². The minimum atomic E-state index is 0.279. The van der Waals surface area contributed by atoms with Gasteiger partial charge < -0.3 is 5.32 Å². The second kappa shape index (κ2) is 7.51. The number of nitrogens with one attached hydrogen (secondary N) is 1. The number of hydrogen-bond donors (Lipinski definition) is 1. The Morgan fingerprint density at radius 1 is 0.900 bits per heavy atom. The average molecular weight is 285 g/mol. The highest BCUT2D eigenvalue weighted by Gasteiger charge is 2.12. The first kappa shape index (κ1) is 15.1. The van der Waals surface area contributed by atoms with Crippen molar-refractivity contribution in [2.75, 3.05) is 12.3 Å². The molecule has 1 unspecified atom stereocenters. The number of benzene rings is 2. The predicted octanol–water partition coefficient (Wildman–Crippen LogP) is 4.81. The molecule has 0 aromatic heterocycles. The van der Waals surface area contributed by atoms with Gasteiger partial charge in [0.05, 0.1) is 6.04 Å². The highest BCUT2D eigenvalue weighted by atomic mass is 32.2. The molecule has 1 atom stereocenters. The molecule has 2 aromatic rings. The quantitative estimate of drug-likeness (QED) is 0.765. The van der Waals surface area contributed by atoms with Gasteiger partial charge in [0, 0.05) is 4.90 Å². The SMILES string of the molecule is CCNC(c1ccc(C)cc1)c1ccc(SCC)cc1. The Morgan fingerprint density at radius 3 is 1.95 bits per heavy atom. The zero-order chi connectivity index (χ0) is 14.4. The van der Waals surface area contributed by atoms with Gasteiger partial charge in [-0.05, 0) is 42.5 Å². The molecular weight excluding hydrogens is 262 g/mol. The molecule has 0 heterocycles. The van der Waals surface area contributed by atoms with Crippen molar-refractivity contribution < 1.29 is 0 Å². The van der Waals surface area contributed by atoms with Crippen LogP contribution in [0.2, 0.25) is 0 Å². The van der Waals surface area contributed by atoms with Crippen LogP contribution in [-0.4, -0.2) is 12.3 Å². The fraction of sp³-hybridized carbons (Fsp3) is 0.333. The topological polar surface area (TPSA) is 12.0 Å². The van der Waals surface area contributed by atoms with E-state index in [4.69, 9.17) is 0 Å². The van der Waals surface area contributed by atoms with Crippen LogP contribution < -0.4 is 5.32 Å². The molecule has 1 N–H and O–H groups in total. The van der Waals surface area contributed by atoms with Crippen molar-refractivity contribution in [3.8, 4) is 0 Å². The van der Waals surface area contributed by atoms with Crippen LogP contribution >= 0.6 is 11.8 Å². The maximum Gasteiger partial charge on any atom is 0.0576 e. The zero-order valence-corrected chi connectivity index (χ0v) is 13.3. The molecule has 106 valence electrons. The normalized spacial score (nSPS) is 12.3. The van der Waals surface area contributed by atoms with Gasteiger partial charge in [-0.1, -0.05) is 55.8 Å². The van der Waals surface area contributed by atoms with Gasteiger partial charge in [0.1, 0.15) is 0 Å². The Hall–Kier alpha value is -1.25. The Balaban J connectivity index is 2.25. The number of thioether (sulfide) groups is 1. The van der Waals surface area contributed by atoms with Crippen LogP contribution in [-0.2, 0) is 0 Å². The molecule has 0 spiro atoms. The molecular formula is C18H23NS. The number of hydrogen-bond acceptors (Lipinski definition) is 2. The summed E-state index contributed by atoms with van der Waals surface area (Å²) < 4.78 is 0. The summed E-state index contributed by atoms with van der Waals surface area (Å²) in [5, 5.41) is 3.58. The summed E-state index contributed by atoms with van der Waals surface area (Å²) in [7, 11) is 0. The highest BCUT2D eigenvalue weighted by Crippen LogP contribution is 2.25.